The number of carbonyl (C=O) groups is 3. The number of aliphatic carboxylic acids is 1. The molecular weight excluding hydrogens is 551 g/mol. The minimum atomic E-state index is -3.53. The van der Waals surface area contributed by atoms with Gasteiger partial charge < -0.3 is 15.7 Å². The number of carboxylic acids is 1. The highest BCUT2D eigenvalue weighted by molar-refractivity contribution is 7.90. The number of rotatable bonds is 8. The molecule has 0 aliphatic heterocycles. The Morgan fingerprint density at radius 2 is 1.50 bits per heavy atom. The number of amides is 2. The lowest BCUT2D eigenvalue weighted by atomic mass is 10.0. The highest BCUT2D eigenvalue weighted by atomic mass is 35.5. The predicted octanol–water partition coefficient (Wildman–Crippen LogP) is 4.73. The Morgan fingerprint density at radius 3 is 2.03 bits per heavy atom. The van der Waals surface area contributed by atoms with E-state index in [1.165, 1.54) is 12.1 Å². The molecular formula is C24H19Cl3N2O6S. The first-order valence-corrected chi connectivity index (χ1v) is 13.3. The fourth-order valence-electron chi connectivity index (χ4n) is 3.21. The van der Waals surface area contributed by atoms with Gasteiger partial charge in [-0.1, -0.05) is 53.0 Å². The second-order valence-electron chi connectivity index (χ2n) is 7.73. The second kappa shape index (κ2) is 11.3. The second-order valence-corrected chi connectivity index (χ2v) is 11.0. The van der Waals surface area contributed by atoms with Crippen molar-refractivity contribution in [3.05, 3.63) is 92.4 Å². The third-order valence-electron chi connectivity index (χ3n) is 5.06. The highest BCUT2D eigenvalue weighted by Crippen LogP contribution is 2.25. The summed E-state index contributed by atoms with van der Waals surface area (Å²) in [6.45, 7) is 0. The van der Waals surface area contributed by atoms with E-state index in [1.807, 2.05) is 0 Å². The molecule has 0 heterocycles. The van der Waals surface area contributed by atoms with E-state index in [1.54, 1.807) is 42.5 Å². The zero-order valence-electron chi connectivity index (χ0n) is 18.6. The van der Waals surface area contributed by atoms with E-state index in [-0.39, 0.29) is 37.5 Å². The van der Waals surface area contributed by atoms with Crippen molar-refractivity contribution in [3.63, 3.8) is 0 Å². The van der Waals surface area contributed by atoms with Gasteiger partial charge in [0.15, 0.2) is 9.84 Å². The van der Waals surface area contributed by atoms with Gasteiger partial charge in [0, 0.05) is 18.4 Å². The fourth-order valence-corrected chi connectivity index (χ4v) is 4.76. The molecule has 1 atom stereocenters. The highest BCUT2D eigenvalue weighted by Gasteiger charge is 2.23. The van der Waals surface area contributed by atoms with Crippen LogP contribution in [-0.2, 0) is 21.1 Å². The summed E-state index contributed by atoms with van der Waals surface area (Å²) in [5, 5.41) is 14.9. The molecule has 0 fully saturated rings. The van der Waals surface area contributed by atoms with Crippen molar-refractivity contribution in [3.8, 4) is 0 Å². The maximum Gasteiger partial charge on any atom is 0.326 e. The zero-order chi connectivity index (χ0) is 26.6. The standard InChI is InChI=1S/C24H19Cl3N2O6S/c1-36(34,35)15-9-10-16(19(27)12-15)22(30)29-20(24(32)33)11-13-5-7-14(8-6-13)28-23(31)21-17(25)3-2-4-18(21)26/h2-10,12,20H,11H2,1H3,(H,28,31)(H,29,30)(H,32,33)/t20-/m0/s1. The van der Waals surface area contributed by atoms with Crippen molar-refractivity contribution in [1.29, 1.82) is 0 Å². The van der Waals surface area contributed by atoms with E-state index in [2.05, 4.69) is 10.6 Å². The van der Waals surface area contributed by atoms with Crippen molar-refractivity contribution >= 4 is 68.1 Å². The largest absolute Gasteiger partial charge is 0.480 e. The Kier molecular flexibility index (Phi) is 8.63. The molecule has 3 N–H and O–H groups in total. The Bertz CT molecular complexity index is 1420. The minimum Gasteiger partial charge on any atom is -0.480 e. The number of anilines is 1. The van der Waals surface area contributed by atoms with E-state index in [9.17, 15) is 27.9 Å². The summed E-state index contributed by atoms with van der Waals surface area (Å²) in [6.07, 6.45) is 0.937. The van der Waals surface area contributed by atoms with Crippen molar-refractivity contribution in [2.75, 3.05) is 11.6 Å². The van der Waals surface area contributed by atoms with Crippen LogP contribution in [0.1, 0.15) is 26.3 Å². The third-order valence-corrected chi connectivity index (χ3v) is 7.11. The molecule has 2 amide bonds. The summed E-state index contributed by atoms with van der Waals surface area (Å²) in [5.41, 5.74) is 1.05. The first-order chi connectivity index (χ1) is 16.9. The number of carbonyl (C=O) groups excluding carboxylic acids is 2. The number of hydrogen-bond donors (Lipinski definition) is 3. The molecule has 0 unspecified atom stereocenters. The van der Waals surface area contributed by atoms with Crippen LogP contribution >= 0.6 is 34.8 Å². The molecule has 3 aromatic rings. The van der Waals surface area contributed by atoms with Crippen LogP contribution in [-0.4, -0.2) is 43.6 Å². The third kappa shape index (κ3) is 6.76. The number of hydrogen-bond acceptors (Lipinski definition) is 5. The molecule has 8 nitrogen and oxygen atoms in total. The summed E-state index contributed by atoms with van der Waals surface area (Å²) in [7, 11) is -3.53. The van der Waals surface area contributed by atoms with E-state index in [4.69, 9.17) is 34.8 Å². The molecule has 0 radical (unpaired) electrons. The number of halogens is 3. The zero-order valence-corrected chi connectivity index (χ0v) is 21.7. The van der Waals surface area contributed by atoms with Crippen LogP contribution < -0.4 is 10.6 Å². The van der Waals surface area contributed by atoms with Crippen molar-refractivity contribution in [2.24, 2.45) is 0 Å². The Labute approximate surface area is 222 Å². The maximum absolute atomic E-state index is 12.6. The topological polar surface area (TPSA) is 130 Å². The van der Waals surface area contributed by atoms with E-state index < -0.39 is 33.7 Å². The molecule has 0 aliphatic rings. The Morgan fingerprint density at radius 1 is 0.889 bits per heavy atom. The van der Waals surface area contributed by atoms with Crippen LogP contribution in [0.4, 0.5) is 5.69 Å². The van der Waals surface area contributed by atoms with Gasteiger partial charge in [-0.2, -0.15) is 0 Å². The fraction of sp³-hybridized carbons (Fsp3) is 0.125. The van der Waals surface area contributed by atoms with Crippen LogP contribution in [0.3, 0.4) is 0 Å². The molecule has 0 aliphatic carbocycles. The summed E-state index contributed by atoms with van der Waals surface area (Å²) < 4.78 is 23.3. The van der Waals surface area contributed by atoms with Gasteiger partial charge in [0.25, 0.3) is 11.8 Å². The predicted molar refractivity (Wildman–Crippen MR) is 138 cm³/mol. The van der Waals surface area contributed by atoms with Crippen LogP contribution in [0, 0.1) is 0 Å². The molecule has 188 valence electrons. The minimum absolute atomic E-state index is 0.0633. The molecule has 0 bridgehead atoms. The average molecular weight is 570 g/mol. The summed E-state index contributed by atoms with van der Waals surface area (Å²) in [4.78, 5) is 36.8. The number of sulfone groups is 1. The quantitative estimate of drug-likeness (QED) is 0.360. The molecule has 12 heteroatoms. The monoisotopic (exact) mass is 568 g/mol. The van der Waals surface area contributed by atoms with Gasteiger partial charge in [-0.25, -0.2) is 13.2 Å². The van der Waals surface area contributed by atoms with Crippen molar-refractivity contribution < 1.29 is 27.9 Å². The van der Waals surface area contributed by atoms with Crippen molar-refractivity contribution in [1.82, 2.24) is 5.32 Å². The average Bonchev–Trinajstić information content (AvgIpc) is 2.79. The van der Waals surface area contributed by atoms with Gasteiger partial charge in [0.1, 0.15) is 6.04 Å². The summed E-state index contributed by atoms with van der Waals surface area (Å²) in [6, 6.07) is 13.3. The van der Waals surface area contributed by atoms with Gasteiger partial charge in [0.05, 0.1) is 31.1 Å². The van der Waals surface area contributed by atoms with Crippen LogP contribution in [0.5, 0.6) is 0 Å². The van der Waals surface area contributed by atoms with E-state index in [0.29, 0.717) is 11.3 Å². The molecule has 0 saturated carbocycles. The SMILES string of the molecule is CS(=O)(=O)c1ccc(C(=O)N[C@@H](Cc2ccc(NC(=O)c3c(Cl)cccc3Cl)cc2)C(=O)O)c(Cl)c1. The van der Waals surface area contributed by atoms with E-state index in [0.717, 1.165) is 12.3 Å². The lowest BCUT2D eigenvalue weighted by molar-refractivity contribution is -0.139. The van der Waals surface area contributed by atoms with Gasteiger partial charge in [0.2, 0.25) is 0 Å². The lowest BCUT2D eigenvalue weighted by Gasteiger charge is -2.16. The lowest BCUT2D eigenvalue weighted by Crippen LogP contribution is -2.42. The van der Waals surface area contributed by atoms with Gasteiger partial charge in [-0.05, 0) is 48.0 Å². The van der Waals surface area contributed by atoms with E-state index >= 15 is 0 Å². The van der Waals surface area contributed by atoms with Crippen molar-refractivity contribution in [2.45, 2.75) is 17.4 Å². The number of benzene rings is 3. The first kappa shape index (κ1) is 27.5. The summed E-state index contributed by atoms with van der Waals surface area (Å²) >= 11 is 18.2. The maximum atomic E-state index is 12.6. The van der Waals surface area contributed by atoms with Crippen LogP contribution in [0.25, 0.3) is 0 Å². The summed E-state index contributed by atoms with van der Waals surface area (Å²) in [5.74, 6) is -2.56. The molecule has 3 aromatic carbocycles. The van der Waals surface area contributed by atoms with Gasteiger partial charge in [-0.15, -0.1) is 0 Å². The first-order valence-electron chi connectivity index (χ1n) is 10.2. The molecule has 36 heavy (non-hydrogen) atoms. The van der Waals surface area contributed by atoms with Crippen LogP contribution in [0.15, 0.2) is 65.6 Å². The van der Waals surface area contributed by atoms with Gasteiger partial charge >= 0.3 is 5.97 Å². The van der Waals surface area contributed by atoms with Gasteiger partial charge in [-0.3, -0.25) is 9.59 Å². The number of nitrogens with one attached hydrogen (secondary N) is 2. The molecule has 3 rings (SSSR count). The molecule has 0 spiro atoms. The molecule has 0 aromatic heterocycles. The van der Waals surface area contributed by atoms with Crippen LogP contribution in [0.2, 0.25) is 15.1 Å². The normalized spacial score (nSPS) is 12.0. The molecule has 0 saturated heterocycles. The number of carboxylic acid groups (broad SMARTS) is 1. The Balaban J connectivity index is 1.70. The smallest absolute Gasteiger partial charge is 0.326 e. The Hall–Kier alpha value is -3.11.